The molecule has 0 bridgehead atoms. The molecule has 0 amide bonds. The standard InChI is InChI=1S/C18H22IN/c1-4-20-18(12-15-6-8-16(19)9-7-15)17-10-5-13(2)11-14(17)3/h5-11,18,20H,4,12H2,1-3H3. The Balaban J connectivity index is 2.24. The number of hydrogen-bond acceptors (Lipinski definition) is 1. The lowest BCUT2D eigenvalue weighted by atomic mass is 9.94. The van der Waals surface area contributed by atoms with E-state index in [1.807, 2.05) is 0 Å². The molecule has 2 aromatic carbocycles. The van der Waals surface area contributed by atoms with Crippen molar-refractivity contribution in [1.82, 2.24) is 5.32 Å². The highest BCUT2D eigenvalue weighted by Gasteiger charge is 2.13. The van der Waals surface area contributed by atoms with Crippen LogP contribution < -0.4 is 5.32 Å². The van der Waals surface area contributed by atoms with Crippen LogP contribution in [-0.2, 0) is 6.42 Å². The van der Waals surface area contributed by atoms with E-state index in [1.54, 1.807) is 0 Å². The fourth-order valence-electron chi connectivity index (χ4n) is 2.61. The number of hydrogen-bond donors (Lipinski definition) is 1. The number of nitrogens with one attached hydrogen (secondary N) is 1. The lowest BCUT2D eigenvalue weighted by Gasteiger charge is -2.21. The van der Waals surface area contributed by atoms with Gasteiger partial charge in [-0.15, -0.1) is 0 Å². The minimum atomic E-state index is 0.390. The van der Waals surface area contributed by atoms with Gasteiger partial charge in [0.05, 0.1) is 0 Å². The third kappa shape index (κ3) is 4.06. The van der Waals surface area contributed by atoms with Gasteiger partial charge in [-0.3, -0.25) is 0 Å². The first kappa shape index (κ1) is 15.5. The molecule has 0 aliphatic heterocycles. The largest absolute Gasteiger partial charge is 0.310 e. The van der Waals surface area contributed by atoms with Gasteiger partial charge in [-0.1, -0.05) is 42.8 Å². The highest BCUT2D eigenvalue weighted by molar-refractivity contribution is 14.1. The predicted octanol–water partition coefficient (Wildman–Crippen LogP) is 4.80. The second-order valence-corrected chi connectivity index (χ2v) is 6.55. The highest BCUT2D eigenvalue weighted by Crippen LogP contribution is 2.23. The summed E-state index contributed by atoms with van der Waals surface area (Å²) >= 11 is 2.35. The minimum Gasteiger partial charge on any atom is -0.310 e. The zero-order valence-corrected chi connectivity index (χ0v) is 14.6. The van der Waals surface area contributed by atoms with Crippen molar-refractivity contribution in [1.29, 1.82) is 0 Å². The molecule has 1 atom stereocenters. The Labute approximate surface area is 135 Å². The number of benzene rings is 2. The summed E-state index contributed by atoms with van der Waals surface area (Å²) in [5, 5.41) is 3.62. The van der Waals surface area contributed by atoms with Gasteiger partial charge in [0.1, 0.15) is 0 Å². The van der Waals surface area contributed by atoms with Crippen molar-refractivity contribution in [2.45, 2.75) is 33.2 Å². The first-order chi connectivity index (χ1) is 9.60. The Bertz CT molecular complexity index is 560. The zero-order valence-electron chi connectivity index (χ0n) is 12.4. The number of halogens is 1. The van der Waals surface area contributed by atoms with Crippen molar-refractivity contribution < 1.29 is 0 Å². The van der Waals surface area contributed by atoms with Crippen LogP contribution in [0.4, 0.5) is 0 Å². The van der Waals surface area contributed by atoms with Gasteiger partial charge in [0, 0.05) is 9.61 Å². The third-order valence-electron chi connectivity index (χ3n) is 3.60. The first-order valence-electron chi connectivity index (χ1n) is 7.15. The Morgan fingerprint density at radius 2 is 1.75 bits per heavy atom. The average molecular weight is 379 g/mol. The average Bonchev–Trinajstić information content (AvgIpc) is 2.41. The van der Waals surface area contributed by atoms with Crippen molar-refractivity contribution in [2.75, 3.05) is 6.54 Å². The summed E-state index contributed by atoms with van der Waals surface area (Å²) in [4.78, 5) is 0. The second-order valence-electron chi connectivity index (χ2n) is 5.30. The van der Waals surface area contributed by atoms with E-state index in [0.29, 0.717) is 6.04 Å². The molecule has 0 aromatic heterocycles. The van der Waals surface area contributed by atoms with Crippen molar-refractivity contribution in [2.24, 2.45) is 0 Å². The summed E-state index contributed by atoms with van der Waals surface area (Å²) in [6, 6.07) is 16.0. The molecular formula is C18H22IN. The van der Waals surface area contributed by atoms with E-state index in [1.165, 1.54) is 25.8 Å². The van der Waals surface area contributed by atoms with Crippen LogP contribution in [0.15, 0.2) is 42.5 Å². The van der Waals surface area contributed by atoms with Gasteiger partial charge in [-0.25, -0.2) is 0 Å². The molecule has 1 unspecified atom stereocenters. The van der Waals surface area contributed by atoms with Crippen LogP contribution in [0.1, 0.15) is 35.2 Å². The molecule has 0 aliphatic rings. The van der Waals surface area contributed by atoms with Gasteiger partial charge in [0.25, 0.3) is 0 Å². The zero-order chi connectivity index (χ0) is 14.5. The fourth-order valence-corrected chi connectivity index (χ4v) is 2.97. The molecule has 2 heteroatoms. The maximum atomic E-state index is 3.62. The molecule has 2 aromatic rings. The van der Waals surface area contributed by atoms with Crippen molar-refractivity contribution >= 4 is 22.6 Å². The third-order valence-corrected chi connectivity index (χ3v) is 4.32. The van der Waals surface area contributed by atoms with E-state index in [0.717, 1.165) is 13.0 Å². The van der Waals surface area contributed by atoms with E-state index >= 15 is 0 Å². The predicted molar refractivity (Wildman–Crippen MR) is 95.2 cm³/mol. The van der Waals surface area contributed by atoms with Crippen LogP contribution in [0.5, 0.6) is 0 Å². The van der Waals surface area contributed by atoms with Crippen LogP contribution in [0.2, 0.25) is 0 Å². The molecule has 0 spiro atoms. The Hall–Kier alpha value is -0.870. The van der Waals surface area contributed by atoms with Crippen molar-refractivity contribution in [3.05, 3.63) is 68.3 Å². The highest BCUT2D eigenvalue weighted by atomic mass is 127. The molecular weight excluding hydrogens is 357 g/mol. The van der Waals surface area contributed by atoms with Crippen LogP contribution in [0.3, 0.4) is 0 Å². The molecule has 0 saturated carbocycles. The van der Waals surface area contributed by atoms with Crippen LogP contribution in [0.25, 0.3) is 0 Å². The summed E-state index contributed by atoms with van der Waals surface area (Å²) < 4.78 is 1.29. The van der Waals surface area contributed by atoms with Gasteiger partial charge in [-0.2, -0.15) is 0 Å². The summed E-state index contributed by atoms with van der Waals surface area (Å²) in [7, 11) is 0. The molecule has 0 radical (unpaired) electrons. The second kappa shape index (κ2) is 7.23. The summed E-state index contributed by atoms with van der Waals surface area (Å²) in [6.45, 7) is 7.52. The van der Waals surface area contributed by atoms with E-state index < -0.39 is 0 Å². The van der Waals surface area contributed by atoms with Gasteiger partial charge in [0.2, 0.25) is 0 Å². The van der Waals surface area contributed by atoms with Crippen molar-refractivity contribution in [3.63, 3.8) is 0 Å². The van der Waals surface area contributed by atoms with Crippen LogP contribution >= 0.6 is 22.6 Å². The first-order valence-corrected chi connectivity index (χ1v) is 8.23. The SMILES string of the molecule is CCNC(Cc1ccc(I)cc1)c1ccc(C)cc1C. The van der Waals surface area contributed by atoms with E-state index in [2.05, 4.69) is 91.1 Å². The van der Waals surface area contributed by atoms with E-state index in [4.69, 9.17) is 0 Å². The maximum Gasteiger partial charge on any atom is 0.0363 e. The Morgan fingerprint density at radius 1 is 1.05 bits per heavy atom. The quantitative estimate of drug-likeness (QED) is 0.736. The molecule has 20 heavy (non-hydrogen) atoms. The van der Waals surface area contributed by atoms with Gasteiger partial charge >= 0.3 is 0 Å². The molecule has 0 aliphatic carbocycles. The monoisotopic (exact) mass is 379 g/mol. The lowest BCUT2D eigenvalue weighted by Crippen LogP contribution is -2.23. The van der Waals surface area contributed by atoms with E-state index in [9.17, 15) is 0 Å². The Kier molecular flexibility index (Phi) is 5.61. The fraction of sp³-hybridized carbons (Fsp3) is 0.333. The lowest BCUT2D eigenvalue weighted by molar-refractivity contribution is 0.547. The topological polar surface area (TPSA) is 12.0 Å². The van der Waals surface area contributed by atoms with E-state index in [-0.39, 0.29) is 0 Å². The number of likely N-dealkylation sites (N-methyl/N-ethyl adjacent to an activating group) is 1. The molecule has 106 valence electrons. The van der Waals surface area contributed by atoms with Gasteiger partial charge in [0.15, 0.2) is 0 Å². The Morgan fingerprint density at radius 3 is 2.35 bits per heavy atom. The minimum absolute atomic E-state index is 0.390. The summed E-state index contributed by atoms with van der Waals surface area (Å²) in [5.41, 5.74) is 5.50. The maximum absolute atomic E-state index is 3.62. The van der Waals surface area contributed by atoms with Crippen LogP contribution in [0, 0.1) is 17.4 Å². The molecule has 0 saturated heterocycles. The smallest absolute Gasteiger partial charge is 0.0363 e. The molecule has 1 nitrogen and oxygen atoms in total. The molecule has 1 N–H and O–H groups in total. The summed E-state index contributed by atoms with van der Waals surface area (Å²) in [5.74, 6) is 0. The van der Waals surface area contributed by atoms with Crippen LogP contribution in [-0.4, -0.2) is 6.54 Å². The van der Waals surface area contributed by atoms with Crippen molar-refractivity contribution in [3.8, 4) is 0 Å². The van der Waals surface area contributed by atoms with Gasteiger partial charge < -0.3 is 5.32 Å². The van der Waals surface area contributed by atoms with Gasteiger partial charge in [-0.05, 0) is 78.2 Å². The summed E-state index contributed by atoms with van der Waals surface area (Å²) in [6.07, 6.45) is 1.04. The number of rotatable bonds is 5. The molecule has 2 rings (SSSR count). The molecule has 0 fully saturated rings. The number of aryl methyl sites for hydroxylation is 2. The normalized spacial score (nSPS) is 12.4. The molecule has 0 heterocycles.